The Morgan fingerprint density at radius 1 is 0.890 bits per heavy atom. The van der Waals surface area contributed by atoms with E-state index in [2.05, 4.69) is 26.4 Å². The quantitative estimate of drug-likeness (QED) is 0.0233. The molecule has 4 aliphatic rings. The van der Waals surface area contributed by atoms with Crippen LogP contribution in [0.5, 0.6) is 5.75 Å². The molecule has 0 radical (unpaired) electrons. The summed E-state index contributed by atoms with van der Waals surface area (Å²) < 4.78 is 27.6. The summed E-state index contributed by atoms with van der Waals surface area (Å²) in [5, 5.41) is 37.8. The number of halogens is 1. The highest BCUT2D eigenvalue weighted by atomic mass is 35.5. The third-order valence-electron chi connectivity index (χ3n) is 18.2. The van der Waals surface area contributed by atoms with Crippen LogP contribution in [-0.2, 0) is 68.5 Å². The first-order chi connectivity index (χ1) is 47.4. The lowest BCUT2D eigenvalue weighted by Gasteiger charge is -2.38. The number of amides is 10. The number of esters is 1. The molecule has 0 spiro atoms. The number of nitrogens with one attached hydrogen (secondary N) is 4. The molecule has 1 aromatic rings. The summed E-state index contributed by atoms with van der Waals surface area (Å²) in [5.41, 5.74) is -2.36. The fourth-order valence-corrected chi connectivity index (χ4v) is 16.6. The molecule has 27 nitrogen and oxygen atoms in total. The number of allylic oxidation sites excluding steroid dienone is 3. The summed E-state index contributed by atoms with van der Waals surface area (Å²) >= 11 is 11.7. The molecule has 2 saturated heterocycles. The number of hydrogen-bond acceptors (Lipinski definition) is 21. The third-order valence-corrected chi connectivity index (χ3v) is 22.7. The molecule has 5 rings (SSSR count). The molecule has 9 atom stereocenters. The van der Waals surface area contributed by atoms with Crippen LogP contribution >= 0.6 is 46.9 Å². The fraction of sp³-hybridized carbons (Fsp3) is 0.710. The maximum absolute atomic E-state index is 14.4. The highest BCUT2D eigenvalue weighted by Crippen LogP contribution is 2.40. The van der Waals surface area contributed by atoms with Gasteiger partial charge in [0.15, 0.2) is 5.72 Å². The second-order valence-electron chi connectivity index (χ2n) is 26.9. The van der Waals surface area contributed by atoms with Crippen molar-refractivity contribution >= 4 is 112 Å². The van der Waals surface area contributed by atoms with E-state index in [1.165, 1.54) is 66.0 Å². The molecule has 1 aromatic carbocycles. The van der Waals surface area contributed by atoms with Crippen LogP contribution in [0.25, 0.3) is 0 Å². The molecule has 31 heteroatoms. The van der Waals surface area contributed by atoms with E-state index in [9.17, 15) is 63.1 Å². The molecule has 560 valence electrons. The molecular formula is C69H106ClN9O18S3. The van der Waals surface area contributed by atoms with Crippen LogP contribution in [0, 0.1) is 10.8 Å². The van der Waals surface area contributed by atoms with Crippen LogP contribution < -0.4 is 30.9 Å². The smallest absolute Gasteiger partial charge is 0.381 e. The average Bonchev–Trinajstić information content (AvgIpc) is 1.27. The number of fused-ring (bicyclic) bond motifs is 5. The maximum Gasteiger partial charge on any atom is 0.381 e. The molecule has 0 aromatic heterocycles. The largest absolute Gasteiger partial charge is 0.495 e. The molecule has 10 amide bonds. The lowest BCUT2D eigenvalue weighted by molar-refractivity contribution is -0.174. The number of methoxy groups -OCH3 is 2. The number of anilines is 1. The van der Waals surface area contributed by atoms with Gasteiger partial charge < -0.3 is 69.9 Å². The van der Waals surface area contributed by atoms with E-state index in [-0.39, 0.29) is 151 Å². The molecule has 3 aliphatic heterocycles. The number of ether oxygens (including phenoxy) is 5. The van der Waals surface area contributed by atoms with E-state index in [1.54, 1.807) is 50.0 Å². The second kappa shape index (κ2) is 42.0. The van der Waals surface area contributed by atoms with E-state index in [4.69, 9.17) is 35.3 Å². The van der Waals surface area contributed by atoms with Gasteiger partial charge in [-0.2, -0.15) is 23.5 Å². The van der Waals surface area contributed by atoms with Gasteiger partial charge in [0.1, 0.15) is 29.0 Å². The van der Waals surface area contributed by atoms with Crippen molar-refractivity contribution in [2.45, 2.75) is 201 Å². The number of imide groups is 1. The molecular weight excluding hydrogens is 1370 g/mol. The molecule has 3 fully saturated rings. The molecule has 1 aliphatic carbocycles. The average molecular weight is 1480 g/mol. The van der Waals surface area contributed by atoms with E-state index < -0.39 is 87.5 Å². The van der Waals surface area contributed by atoms with E-state index in [0.29, 0.717) is 35.3 Å². The van der Waals surface area contributed by atoms with Crippen molar-refractivity contribution in [3.63, 3.8) is 0 Å². The zero-order valence-corrected chi connectivity index (χ0v) is 62.9. The number of hydrogen-bond donors (Lipinski definition) is 6. The number of carbonyl (C=O) groups is 10. The number of thioether (sulfide) groups is 3. The second-order valence-corrected chi connectivity index (χ2v) is 32.0. The number of carbonyl (C=O) groups excluding carboxylic acids is 10. The van der Waals surface area contributed by atoms with Crippen molar-refractivity contribution in [1.82, 2.24) is 36.0 Å². The van der Waals surface area contributed by atoms with Crippen LogP contribution in [-0.4, -0.2) is 240 Å². The Labute approximate surface area is 605 Å². The summed E-state index contributed by atoms with van der Waals surface area (Å²) in [5.74, 6) is -2.48. The highest BCUT2D eigenvalue weighted by Gasteiger charge is 2.45. The number of urea groups is 1. The predicted molar refractivity (Wildman–Crippen MR) is 386 cm³/mol. The van der Waals surface area contributed by atoms with Gasteiger partial charge in [0.05, 0.1) is 63.0 Å². The van der Waals surface area contributed by atoms with Crippen LogP contribution in [0.1, 0.15) is 150 Å². The zero-order valence-electron chi connectivity index (χ0n) is 59.7. The van der Waals surface area contributed by atoms with Gasteiger partial charge in [-0.05, 0) is 95.8 Å². The predicted octanol–water partition coefficient (Wildman–Crippen LogP) is 6.63. The van der Waals surface area contributed by atoms with Crippen molar-refractivity contribution in [2.75, 3.05) is 110 Å². The Morgan fingerprint density at radius 2 is 1.52 bits per heavy atom. The Hall–Kier alpha value is -5.86. The summed E-state index contributed by atoms with van der Waals surface area (Å²) in [6, 6.07) is 0.790. The first-order valence-electron chi connectivity index (χ1n) is 34.4. The normalized spacial score (nSPS) is 26.0. The van der Waals surface area contributed by atoms with Crippen LogP contribution in [0.3, 0.4) is 0 Å². The number of nitrogens with zero attached hydrogens (tertiary/aromatic N) is 5. The summed E-state index contributed by atoms with van der Waals surface area (Å²) in [6.07, 6.45) is 8.94. The van der Waals surface area contributed by atoms with Gasteiger partial charge in [-0.15, -0.1) is 16.7 Å². The van der Waals surface area contributed by atoms with Gasteiger partial charge in [0.25, 0.3) is 0 Å². The van der Waals surface area contributed by atoms with Crippen molar-refractivity contribution in [3.8, 4) is 5.75 Å². The van der Waals surface area contributed by atoms with Gasteiger partial charge in [0, 0.05) is 124 Å². The fourth-order valence-electron chi connectivity index (χ4n) is 12.3. The van der Waals surface area contributed by atoms with E-state index >= 15 is 0 Å². The summed E-state index contributed by atoms with van der Waals surface area (Å²) in [7, 11) is 5.61. The van der Waals surface area contributed by atoms with E-state index in [1.807, 2.05) is 30.4 Å². The Kier molecular flexibility index (Phi) is 35.6. The lowest BCUT2D eigenvalue weighted by Crippen LogP contribution is -2.56. The number of likely N-dealkylation sites (N-methyl/N-ethyl adjacent to an activating group) is 1. The standard InChI is InChI=1S/C69H106ClN9O18S3/c1-45-14-13-17-54(94-10)69(91,74-66(89)75-92)25-22-46(2)43-68(6,90)55(42-60(84)77(8)51-39-48(38-45)40-52(93-9)63(51)70)97-65(88)47(3)76(7)62(86)44-67(4,5)100-53-41-61(85)79(64(53)87)31-33-96-35-34-95-32-28-73-56(80)20-21-59(83)78-29-26-71-57(81)23-36-98-49-15-11-12-16-50(19-18-49)99-37-24-58(82)72-27-30-78/h13-14,17,39-40,46-47,49-50,53-55,90-91H,11-12,15-16,18-38,41-44H2,1-10H3,(H,71,81)(H,72,82)(H,73,80)(H,74,89)/b17-13+,45-14+/t46-,47+,49?,50?,53?,54-,55+,68-,69+/m1/s1. The van der Waals surface area contributed by atoms with Crippen molar-refractivity contribution in [3.05, 3.63) is 51.4 Å². The minimum atomic E-state index is -2.16. The van der Waals surface area contributed by atoms with Crippen LogP contribution in [0.2, 0.25) is 5.02 Å². The Balaban J connectivity index is 1.07. The van der Waals surface area contributed by atoms with Gasteiger partial charge in [-0.25, -0.2) is 9.59 Å². The Morgan fingerprint density at radius 3 is 2.13 bits per heavy atom. The van der Waals surface area contributed by atoms with Gasteiger partial charge in [-0.3, -0.25) is 43.3 Å². The number of nitroso groups, excluding NO2 is 1. The van der Waals surface area contributed by atoms with Crippen molar-refractivity contribution in [2.24, 2.45) is 11.1 Å². The highest BCUT2D eigenvalue weighted by molar-refractivity contribution is 8.02. The van der Waals surface area contributed by atoms with Crippen molar-refractivity contribution < 1.29 is 81.8 Å². The Bertz CT molecular complexity index is 3000. The SMILES string of the molecule is COc1cc2cc(c1Cl)N(C)C(=O)C[C@H](OC(=O)[C@H](C)N(C)C(=O)CC(C)(C)SC1CC(=O)N(CCOCCOCCNC(=O)CCC(=O)N3CCNC(=O)CCSC4CCCCC(CC4)SCCC(=O)NCC3)C1=O)[C@](C)(O)C[C@H](C)CC[C@@](O)(NC(=O)N=O)[C@H](OC)/C=C/C=C(\C)C2. The molecule has 100 heavy (non-hydrogen) atoms. The van der Waals surface area contributed by atoms with Crippen LogP contribution in [0.15, 0.2) is 41.1 Å². The molecule has 1 saturated carbocycles. The van der Waals surface area contributed by atoms with Gasteiger partial charge in [-0.1, -0.05) is 69.0 Å². The molecule has 3 unspecified atom stereocenters. The first kappa shape index (κ1) is 84.8. The minimum absolute atomic E-state index is 0.0217. The number of aliphatic hydroxyl groups is 2. The van der Waals surface area contributed by atoms with E-state index in [0.717, 1.165) is 64.3 Å². The number of rotatable bonds is 22. The van der Waals surface area contributed by atoms with Gasteiger partial charge >= 0.3 is 12.0 Å². The maximum atomic E-state index is 14.4. The number of benzene rings is 1. The topological polar surface area (TPSA) is 348 Å². The number of likely N-dealkylation sites (tertiary alicyclic amines) is 1. The molecule has 4 bridgehead atoms. The zero-order chi connectivity index (χ0) is 73.7. The molecule has 6 N–H and O–H groups in total. The molecule has 3 heterocycles. The summed E-state index contributed by atoms with van der Waals surface area (Å²) in [4.78, 5) is 150. The summed E-state index contributed by atoms with van der Waals surface area (Å²) in [6.45, 7) is 11.4. The van der Waals surface area contributed by atoms with Crippen molar-refractivity contribution in [1.29, 1.82) is 0 Å². The third kappa shape index (κ3) is 28.1. The monoisotopic (exact) mass is 1480 g/mol. The lowest BCUT2D eigenvalue weighted by atomic mass is 9.83. The van der Waals surface area contributed by atoms with Gasteiger partial charge in [0.2, 0.25) is 47.3 Å². The minimum Gasteiger partial charge on any atom is -0.495 e. The first-order valence-corrected chi connectivity index (χ1v) is 37.8. The van der Waals surface area contributed by atoms with Crippen LogP contribution in [0.4, 0.5) is 10.5 Å².